The Morgan fingerprint density at radius 2 is 1.79 bits per heavy atom. The van der Waals surface area contributed by atoms with E-state index >= 15 is 0 Å². The zero-order valence-corrected chi connectivity index (χ0v) is 15.1. The minimum Gasteiger partial charge on any atom is -0.350 e. The van der Waals surface area contributed by atoms with Crippen LogP contribution >= 0.6 is 0 Å². The van der Waals surface area contributed by atoms with Crippen LogP contribution in [0.15, 0.2) is 79.4 Å². The van der Waals surface area contributed by atoms with Crippen molar-refractivity contribution in [3.63, 3.8) is 0 Å². The lowest BCUT2D eigenvalue weighted by Crippen LogP contribution is -2.25. The first-order chi connectivity index (χ1) is 13.7. The number of amides is 1. The second-order valence-corrected chi connectivity index (χ2v) is 6.55. The first kappa shape index (κ1) is 17.9. The van der Waals surface area contributed by atoms with Gasteiger partial charge < -0.3 is 5.32 Å². The molecule has 0 aliphatic carbocycles. The molecule has 0 bridgehead atoms. The van der Waals surface area contributed by atoms with E-state index in [-0.39, 0.29) is 24.1 Å². The number of fused-ring (bicyclic) bond motifs is 1. The number of carbonyl (C=O) groups is 1. The van der Waals surface area contributed by atoms with E-state index in [4.69, 9.17) is 0 Å². The molecule has 1 N–H and O–H groups in total. The molecule has 1 atom stereocenters. The van der Waals surface area contributed by atoms with Crippen molar-refractivity contribution in [2.24, 2.45) is 0 Å². The number of benzene rings is 2. The first-order valence-electron chi connectivity index (χ1n) is 9.04. The van der Waals surface area contributed by atoms with Crippen LogP contribution in [0.2, 0.25) is 0 Å². The maximum Gasteiger partial charge on any atom is 0.221 e. The number of nitrogens with zero attached hydrogens (tertiary/aromatic N) is 3. The van der Waals surface area contributed by atoms with Crippen LogP contribution in [0.3, 0.4) is 0 Å². The van der Waals surface area contributed by atoms with E-state index in [1.807, 2.05) is 40.9 Å². The van der Waals surface area contributed by atoms with Crippen LogP contribution in [0.1, 0.15) is 29.2 Å². The summed E-state index contributed by atoms with van der Waals surface area (Å²) in [5, 5.41) is 2.96. The Morgan fingerprint density at radius 1 is 1.04 bits per heavy atom. The second-order valence-electron chi connectivity index (χ2n) is 6.55. The highest BCUT2D eigenvalue weighted by atomic mass is 19.1. The lowest BCUT2D eigenvalue weighted by Gasteiger charge is -2.18. The zero-order valence-electron chi connectivity index (χ0n) is 15.1. The summed E-state index contributed by atoms with van der Waals surface area (Å²) in [6, 6.07) is 16.1. The Labute approximate surface area is 161 Å². The molecule has 1 amide bonds. The number of hydrogen-bond donors (Lipinski definition) is 1. The average Bonchev–Trinajstić information content (AvgIpc) is 3.15. The van der Waals surface area contributed by atoms with Gasteiger partial charge >= 0.3 is 0 Å². The molecule has 140 valence electrons. The van der Waals surface area contributed by atoms with Crippen molar-refractivity contribution < 1.29 is 9.18 Å². The van der Waals surface area contributed by atoms with Gasteiger partial charge in [-0.3, -0.25) is 14.2 Å². The number of carbonyl (C=O) groups excluding carboxylic acids is 1. The Hall–Kier alpha value is -3.54. The summed E-state index contributed by atoms with van der Waals surface area (Å²) in [6.07, 6.45) is 7.17. The molecule has 0 fully saturated rings. The fourth-order valence-corrected chi connectivity index (χ4v) is 3.28. The summed E-state index contributed by atoms with van der Waals surface area (Å²) < 4.78 is 15.2. The minimum absolute atomic E-state index is 0.0813. The molecule has 0 aliphatic heterocycles. The van der Waals surface area contributed by atoms with Gasteiger partial charge in [0.1, 0.15) is 5.82 Å². The summed E-state index contributed by atoms with van der Waals surface area (Å²) >= 11 is 0. The molecule has 0 saturated carbocycles. The van der Waals surface area contributed by atoms with Crippen LogP contribution in [-0.4, -0.2) is 20.3 Å². The van der Waals surface area contributed by atoms with Crippen LogP contribution in [0, 0.1) is 5.82 Å². The van der Waals surface area contributed by atoms with E-state index in [1.54, 1.807) is 30.7 Å². The maximum absolute atomic E-state index is 13.3. The molecule has 2 heterocycles. The SMILES string of the molecule is O=C(C[C@@H](c1ccccc1)c1ccc(F)cc1)NCc1cnc2cnccn12. The highest BCUT2D eigenvalue weighted by Gasteiger charge is 2.18. The van der Waals surface area contributed by atoms with E-state index in [9.17, 15) is 9.18 Å². The fraction of sp³-hybridized carbons (Fsp3) is 0.136. The lowest BCUT2D eigenvalue weighted by atomic mass is 9.88. The summed E-state index contributed by atoms with van der Waals surface area (Å²) in [5.74, 6) is -0.516. The summed E-state index contributed by atoms with van der Waals surface area (Å²) in [7, 11) is 0. The number of halogens is 1. The molecule has 6 heteroatoms. The van der Waals surface area contributed by atoms with E-state index in [0.717, 1.165) is 22.5 Å². The maximum atomic E-state index is 13.3. The molecule has 0 radical (unpaired) electrons. The van der Waals surface area contributed by atoms with Crippen LogP contribution < -0.4 is 5.32 Å². The molecule has 5 nitrogen and oxygen atoms in total. The molecule has 0 spiro atoms. The van der Waals surface area contributed by atoms with E-state index in [1.165, 1.54) is 12.1 Å². The average molecular weight is 374 g/mol. The van der Waals surface area contributed by atoms with Gasteiger partial charge in [-0.25, -0.2) is 9.37 Å². The van der Waals surface area contributed by atoms with Gasteiger partial charge in [-0.15, -0.1) is 0 Å². The summed E-state index contributed by atoms with van der Waals surface area (Å²) in [4.78, 5) is 21.0. The normalized spacial score (nSPS) is 12.0. The summed E-state index contributed by atoms with van der Waals surface area (Å²) in [5.41, 5.74) is 3.54. The van der Waals surface area contributed by atoms with Gasteiger partial charge in [0.25, 0.3) is 0 Å². The second kappa shape index (κ2) is 8.00. The van der Waals surface area contributed by atoms with Crippen LogP contribution in [0.5, 0.6) is 0 Å². The quantitative estimate of drug-likeness (QED) is 0.560. The Morgan fingerprint density at radius 3 is 2.57 bits per heavy atom. The molecular weight excluding hydrogens is 355 g/mol. The van der Waals surface area contributed by atoms with Gasteiger partial charge in [0, 0.05) is 24.7 Å². The van der Waals surface area contributed by atoms with E-state index in [2.05, 4.69) is 15.3 Å². The third-order valence-corrected chi connectivity index (χ3v) is 4.72. The van der Waals surface area contributed by atoms with Crippen LogP contribution in [0.25, 0.3) is 5.65 Å². The van der Waals surface area contributed by atoms with Crippen molar-refractivity contribution in [1.29, 1.82) is 0 Å². The predicted octanol–water partition coefficient (Wildman–Crippen LogP) is 3.71. The Balaban J connectivity index is 1.50. The van der Waals surface area contributed by atoms with Gasteiger partial charge in [-0.1, -0.05) is 42.5 Å². The number of imidazole rings is 1. The third kappa shape index (κ3) is 3.91. The molecule has 0 saturated heterocycles. The summed E-state index contributed by atoms with van der Waals surface area (Å²) in [6.45, 7) is 0.370. The topological polar surface area (TPSA) is 59.3 Å². The van der Waals surface area contributed by atoms with Crippen LogP contribution in [-0.2, 0) is 11.3 Å². The zero-order chi connectivity index (χ0) is 19.3. The number of hydrogen-bond acceptors (Lipinski definition) is 3. The highest BCUT2D eigenvalue weighted by Crippen LogP contribution is 2.28. The highest BCUT2D eigenvalue weighted by molar-refractivity contribution is 5.77. The standard InChI is InChI=1S/C22H19FN4O/c23-18-8-6-17(7-9-18)20(16-4-2-1-3-5-16)12-22(28)26-14-19-13-25-21-15-24-10-11-27(19)21/h1-11,13,15,20H,12,14H2,(H,26,28)/t20-/m0/s1. The molecule has 0 unspecified atom stereocenters. The van der Waals surface area contributed by atoms with Crippen molar-refractivity contribution in [2.75, 3.05) is 0 Å². The lowest BCUT2D eigenvalue weighted by molar-refractivity contribution is -0.121. The molecule has 28 heavy (non-hydrogen) atoms. The van der Waals surface area contributed by atoms with Crippen molar-refractivity contribution in [1.82, 2.24) is 19.7 Å². The van der Waals surface area contributed by atoms with Crippen molar-refractivity contribution >= 4 is 11.6 Å². The van der Waals surface area contributed by atoms with E-state index < -0.39 is 0 Å². The third-order valence-electron chi connectivity index (χ3n) is 4.72. The predicted molar refractivity (Wildman–Crippen MR) is 104 cm³/mol. The molecule has 4 rings (SSSR count). The van der Waals surface area contributed by atoms with Crippen molar-refractivity contribution in [2.45, 2.75) is 18.9 Å². The minimum atomic E-state index is -0.290. The van der Waals surface area contributed by atoms with Gasteiger partial charge in [0.15, 0.2) is 5.65 Å². The van der Waals surface area contributed by atoms with Gasteiger partial charge in [0.05, 0.1) is 24.6 Å². The van der Waals surface area contributed by atoms with Crippen LogP contribution in [0.4, 0.5) is 4.39 Å². The molecule has 2 aromatic heterocycles. The molecular formula is C22H19FN4O. The monoisotopic (exact) mass is 374 g/mol. The van der Waals surface area contributed by atoms with Crippen molar-refractivity contribution in [3.05, 3.63) is 102 Å². The smallest absolute Gasteiger partial charge is 0.221 e. The van der Waals surface area contributed by atoms with Gasteiger partial charge in [0.2, 0.25) is 5.91 Å². The molecule has 0 aliphatic rings. The molecule has 2 aromatic carbocycles. The number of nitrogens with one attached hydrogen (secondary N) is 1. The molecule has 4 aromatic rings. The largest absolute Gasteiger partial charge is 0.350 e. The Kier molecular flexibility index (Phi) is 5.10. The van der Waals surface area contributed by atoms with E-state index in [0.29, 0.717) is 6.54 Å². The number of aromatic nitrogens is 3. The fourth-order valence-electron chi connectivity index (χ4n) is 3.28. The van der Waals surface area contributed by atoms with Gasteiger partial charge in [-0.05, 0) is 23.3 Å². The first-order valence-corrected chi connectivity index (χ1v) is 9.04. The Bertz CT molecular complexity index is 1080. The van der Waals surface area contributed by atoms with Gasteiger partial charge in [-0.2, -0.15) is 0 Å². The number of rotatable bonds is 6. The van der Waals surface area contributed by atoms with Crippen molar-refractivity contribution in [3.8, 4) is 0 Å².